The van der Waals surface area contributed by atoms with E-state index in [-0.39, 0.29) is 17.8 Å². The lowest BCUT2D eigenvalue weighted by atomic mass is 10.2. The molecule has 0 aliphatic carbocycles. The van der Waals surface area contributed by atoms with Crippen LogP contribution in [-0.4, -0.2) is 78.5 Å². The predicted molar refractivity (Wildman–Crippen MR) is 131 cm³/mol. The monoisotopic (exact) mass is 474 g/mol. The molecule has 0 saturated carbocycles. The number of carbonyl (C=O) groups is 1. The number of aromatic nitrogens is 3. The number of carbonyl (C=O) groups excluding carboxylic acids is 1. The van der Waals surface area contributed by atoms with Crippen LogP contribution in [-0.2, 0) is 20.8 Å². The summed E-state index contributed by atoms with van der Waals surface area (Å²) in [5.41, 5.74) is 1.96. The van der Waals surface area contributed by atoms with Gasteiger partial charge in [-0.25, -0.2) is 0 Å². The van der Waals surface area contributed by atoms with Crippen molar-refractivity contribution < 1.29 is 14.3 Å². The lowest BCUT2D eigenvalue weighted by Gasteiger charge is -2.28. The zero-order chi connectivity index (χ0) is 23.0. The Morgan fingerprint density at radius 2 is 1.91 bits per heavy atom. The van der Waals surface area contributed by atoms with Gasteiger partial charge in [0.1, 0.15) is 0 Å². The summed E-state index contributed by atoms with van der Waals surface area (Å²) >= 11 is 1.41. The number of anilines is 3. The number of benzene rings is 1. The maximum absolute atomic E-state index is 12.6. The first-order valence-corrected chi connectivity index (χ1v) is 12.8. The maximum atomic E-state index is 12.6. The molecular formula is C23H34N6O3S. The Kier molecular flexibility index (Phi) is 8.46. The van der Waals surface area contributed by atoms with Crippen LogP contribution in [0.4, 0.5) is 17.3 Å². The van der Waals surface area contributed by atoms with Gasteiger partial charge in [0.15, 0.2) is 5.16 Å². The maximum Gasteiger partial charge on any atom is 0.234 e. The molecule has 33 heavy (non-hydrogen) atoms. The first kappa shape index (κ1) is 23.8. The zero-order valence-corrected chi connectivity index (χ0v) is 20.4. The van der Waals surface area contributed by atoms with Gasteiger partial charge in [-0.1, -0.05) is 11.8 Å². The van der Waals surface area contributed by atoms with E-state index < -0.39 is 0 Å². The van der Waals surface area contributed by atoms with Crippen molar-refractivity contribution in [3.8, 4) is 0 Å². The molecule has 10 heteroatoms. The summed E-state index contributed by atoms with van der Waals surface area (Å²) in [6.07, 6.45) is 2.28. The van der Waals surface area contributed by atoms with Gasteiger partial charge in [0.05, 0.1) is 31.6 Å². The van der Waals surface area contributed by atoms with E-state index >= 15 is 0 Å². The second-order valence-electron chi connectivity index (χ2n) is 8.18. The third-order valence-electron chi connectivity index (χ3n) is 6.01. The average molecular weight is 475 g/mol. The highest BCUT2D eigenvalue weighted by atomic mass is 32.2. The number of nitrogens with zero attached hydrogens (tertiary/aromatic N) is 5. The van der Waals surface area contributed by atoms with Gasteiger partial charge >= 0.3 is 0 Å². The van der Waals surface area contributed by atoms with Crippen LogP contribution in [0.5, 0.6) is 0 Å². The van der Waals surface area contributed by atoms with Crippen molar-refractivity contribution in [1.29, 1.82) is 0 Å². The van der Waals surface area contributed by atoms with Crippen molar-refractivity contribution in [2.24, 2.45) is 0 Å². The molecule has 1 amide bonds. The molecule has 0 spiro atoms. The second kappa shape index (κ2) is 11.7. The molecule has 3 heterocycles. The van der Waals surface area contributed by atoms with Gasteiger partial charge in [-0.15, -0.1) is 10.2 Å². The van der Waals surface area contributed by atoms with E-state index in [2.05, 4.69) is 43.7 Å². The number of rotatable bonds is 10. The molecule has 1 aromatic carbocycles. The van der Waals surface area contributed by atoms with Crippen molar-refractivity contribution in [2.75, 3.05) is 66.9 Å². The van der Waals surface area contributed by atoms with Crippen molar-refractivity contribution in [2.45, 2.75) is 44.5 Å². The van der Waals surface area contributed by atoms with E-state index in [4.69, 9.17) is 9.47 Å². The van der Waals surface area contributed by atoms with Crippen LogP contribution in [0.15, 0.2) is 29.4 Å². The highest BCUT2D eigenvalue weighted by Gasteiger charge is 2.25. The van der Waals surface area contributed by atoms with Gasteiger partial charge in [-0.2, -0.15) is 0 Å². The standard InChI is InChI=1S/C23H34N6O3S/c1-3-27(4-2)19-9-7-18(8-10-19)24-21(30)17-33-23-26-25-22(28-11-14-31-15-12-28)29(23)16-20-6-5-13-32-20/h7-10,20H,3-6,11-17H2,1-2H3,(H,24,30). The van der Waals surface area contributed by atoms with Crippen LogP contribution >= 0.6 is 11.8 Å². The van der Waals surface area contributed by atoms with Crippen LogP contribution in [0.2, 0.25) is 0 Å². The summed E-state index contributed by atoms with van der Waals surface area (Å²) in [5, 5.41) is 12.6. The zero-order valence-electron chi connectivity index (χ0n) is 19.5. The number of morpholine rings is 1. The van der Waals surface area contributed by atoms with Crippen LogP contribution in [0, 0.1) is 0 Å². The van der Waals surface area contributed by atoms with Crippen molar-refractivity contribution in [1.82, 2.24) is 14.8 Å². The second-order valence-corrected chi connectivity index (χ2v) is 9.13. The molecule has 1 aromatic heterocycles. The topological polar surface area (TPSA) is 84.8 Å². The minimum atomic E-state index is -0.0600. The van der Waals surface area contributed by atoms with E-state index in [9.17, 15) is 4.79 Å². The summed E-state index contributed by atoms with van der Waals surface area (Å²) < 4.78 is 13.5. The Labute approximate surface area is 199 Å². The molecule has 180 valence electrons. The predicted octanol–water partition coefficient (Wildman–Crippen LogP) is 2.87. The minimum absolute atomic E-state index is 0.0600. The molecule has 1 atom stereocenters. The molecule has 1 N–H and O–H groups in total. The van der Waals surface area contributed by atoms with Gasteiger partial charge in [0.25, 0.3) is 0 Å². The van der Waals surface area contributed by atoms with E-state index in [0.717, 1.165) is 68.1 Å². The molecule has 4 rings (SSSR count). The molecule has 0 bridgehead atoms. The molecule has 2 aliphatic heterocycles. The summed E-state index contributed by atoms with van der Waals surface area (Å²) in [6, 6.07) is 7.99. The fourth-order valence-corrected chi connectivity index (χ4v) is 4.95. The Hall–Kier alpha value is -2.30. The Morgan fingerprint density at radius 3 is 2.58 bits per heavy atom. The summed E-state index contributed by atoms with van der Waals surface area (Å²) in [5.74, 6) is 1.05. The van der Waals surface area contributed by atoms with Crippen LogP contribution in [0.25, 0.3) is 0 Å². The van der Waals surface area contributed by atoms with Crippen molar-refractivity contribution in [3.63, 3.8) is 0 Å². The fourth-order valence-electron chi connectivity index (χ4n) is 4.21. The van der Waals surface area contributed by atoms with Gasteiger partial charge in [-0.05, 0) is 51.0 Å². The van der Waals surface area contributed by atoms with E-state index in [0.29, 0.717) is 19.8 Å². The van der Waals surface area contributed by atoms with Crippen LogP contribution in [0.1, 0.15) is 26.7 Å². The Balaban J connectivity index is 1.38. The molecule has 2 fully saturated rings. The highest BCUT2D eigenvalue weighted by Crippen LogP contribution is 2.26. The smallest absolute Gasteiger partial charge is 0.234 e. The third kappa shape index (κ3) is 6.18. The van der Waals surface area contributed by atoms with Gasteiger partial charge in [-0.3, -0.25) is 9.36 Å². The van der Waals surface area contributed by atoms with E-state index in [1.165, 1.54) is 11.8 Å². The number of nitrogens with one attached hydrogen (secondary N) is 1. The molecule has 1 unspecified atom stereocenters. The molecule has 2 aromatic rings. The SMILES string of the molecule is CCN(CC)c1ccc(NC(=O)CSc2nnc(N3CCOCC3)n2CC2CCCO2)cc1. The number of hydrogen-bond donors (Lipinski definition) is 1. The number of ether oxygens (including phenoxy) is 2. The normalized spacial score (nSPS) is 18.5. The summed E-state index contributed by atoms with van der Waals surface area (Å²) in [4.78, 5) is 17.1. The average Bonchev–Trinajstić information content (AvgIpc) is 3.50. The first-order valence-electron chi connectivity index (χ1n) is 11.8. The lowest BCUT2D eigenvalue weighted by molar-refractivity contribution is -0.113. The van der Waals surface area contributed by atoms with E-state index in [1.54, 1.807) is 0 Å². The Bertz CT molecular complexity index is 890. The largest absolute Gasteiger partial charge is 0.378 e. The van der Waals surface area contributed by atoms with Crippen molar-refractivity contribution >= 4 is 35.0 Å². The minimum Gasteiger partial charge on any atom is -0.378 e. The molecule has 0 radical (unpaired) electrons. The van der Waals surface area contributed by atoms with Crippen molar-refractivity contribution in [3.05, 3.63) is 24.3 Å². The van der Waals surface area contributed by atoms with Gasteiger partial charge in [0, 0.05) is 44.2 Å². The van der Waals surface area contributed by atoms with Crippen LogP contribution in [0.3, 0.4) is 0 Å². The molecule has 2 aliphatic rings. The number of hydrogen-bond acceptors (Lipinski definition) is 8. The highest BCUT2D eigenvalue weighted by molar-refractivity contribution is 7.99. The van der Waals surface area contributed by atoms with Gasteiger partial charge in [0.2, 0.25) is 11.9 Å². The Morgan fingerprint density at radius 1 is 1.15 bits per heavy atom. The fraction of sp³-hybridized carbons (Fsp3) is 0.609. The summed E-state index contributed by atoms with van der Waals surface area (Å²) in [6.45, 7) is 10.6. The molecular weight excluding hydrogens is 440 g/mol. The third-order valence-corrected chi connectivity index (χ3v) is 6.98. The quantitative estimate of drug-likeness (QED) is 0.526. The molecule has 2 saturated heterocycles. The summed E-state index contributed by atoms with van der Waals surface area (Å²) in [7, 11) is 0. The van der Waals surface area contributed by atoms with Crippen LogP contribution < -0.4 is 15.1 Å². The molecule has 9 nitrogen and oxygen atoms in total. The lowest BCUT2D eigenvalue weighted by Crippen LogP contribution is -2.38. The first-order chi connectivity index (χ1) is 16.2. The number of thioether (sulfide) groups is 1. The van der Waals surface area contributed by atoms with Gasteiger partial charge < -0.3 is 24.6 Å². The van der Waals surface area contributed by atoms with E-state index in [1.807, 2.05) is 24.3 Å². The number of amides is 1.